The van der Waals surface area contributed by atoms with Crippen molar-refractivity contribution >= 4 is 14.1 Å². The summed E-state index contributed by atoms with van der Waals surface area (Å²) in [5, 5.41) is 9.90. The zero-order chi connectivity index (χ0) is 15.2. The van der Waals surface area contributed by atoms with Gasteiger partial charge in [-0.15, -0.1) is 0 Å². The number of ketones is 1. The number of allylic oxidation sites excluding steroid dienone is 1. The van der Waals surface area contributed by atoms with E-state index in [1.807, 2.05) is 6.92 Å². The normalized spacial score (nSPS) is 34.7. The predicted octanol–water partition coefficient (Wildman–Crippen LogP) is 3.97. The van der Waals surface area contributed by atoms with E-state index in [9.17, 15) is 10.1 Å². The molecule has 0 amide bonds. The van der Waals surface area contributed by atoms with Crippen LogP contribution in [0.1, 0.15) is 46.0 Å². The van der Waals surface area contributed by atoms with E-state index in [-0.39, 0.29) is 11.2 Å². The summed E-state index contributed by atoms with van der Waals surface area (Å²) in [6.45, 7) is 10.5. The summed E-state index contributed by atoms with van der Waals surface area (Å²) in [6, 6.07) is 2.52. The van der Waals surface area contributed by atoms with Gasteiger partial charge in [-0.3, -0.25) is 4.79 Å². The van der Waals surface area contributed by atoms with E-state index in [1.54, 1.807) is 0 Å². The second-order valence-electron chi connectivity index (χ2n) is 7.37. The van der Waals surface area contributed by atoms with Crippen LogP contribution in [0.5, 0.6) is 0 Å². The Balaban J connectivity index is 2.55. The highest BCUT2D eigenvalue weighted by atomic mass is 28.4. The Labute approximate surface area is 123 Å². The van der Waals surface area contributed by atoms with Gasteiger partial charge in [0.15, 0.2) is 19.7 Å². The van der Waals surface area contributed by atoms with E-state index in [4.69, 9.17) is 4.43 Å². The number of nitrogens with zero attached hydrogens (tertiary/aromatic N) is 1. The third kappa shape index (κ3) is 2.27. The molecule has 1 saturated carbocycles. The summed E-state index contributed by atoms with van der Waals surface area (Å²) in [4.78, 5) is 12.0. The smallest absolute Gasteiger partial charge is 0.185 e. The molecular formula is C16H25NO2Si. The summed E-state index contributed by atoms with van der Waals surface area (Å²) >= 11 is 0. The van der Waals surface area contributed by atoms with Crippen LogP contribution in [0.2, 0.25) is 19.6 Å². The molecule has 0 aromatic heterocycles. The highest BCUT2D eigenvalue weighted by Crippen LogP contribution is 2.56. The Morgan fingerprint density at radius 1 is 1.25 bits per heavy atom. The van der Waals surface area contributed by atoms with Gasteiger partial charge >= 0.3 is 0 Å². The maximum Gasteiger partial charge on any atom is 0.185 e. The van der Waals surface area contributed by atoms with Crippen LogP contribution in [0.25, 0.3) is 0 Å². The number of nitriles is 1. The monoisotopic (exact) mass is 291 g/mol. The Morgan fingerprint density at radius 2 is 1.90 bits per heavy atom. The van der Waals surface area contributed by atoms with Gasteiger partial charge < -0.3 is 4.43 Å². The van der Waals surface area contributed by atoms with Crippen LogP contribution in [0.15, 0.2) is 11.1 Å². The van der Waals surface area contributed by atoms with E-state index in [1.165, 1.54) is 5.57 Å². The highest BCUT2D eigenvalue weighted by Gasteiger charge is 2.57. The van der Waals surface area contributed by atoms with E-state index in [0.717, 1.165) is 31.3 Å². The average molecular weight is 291 g/mol. The maximum atomic E-state index is 12.0. The maximum absolute atomic E-state index is 12.0. The number of carbonyl (C=O) groups is 1. The van der Waals surface area contributed by atoms with Crippen molar-refractivity contribution in [1.82, 2.24) is 0 Å². The van der Waals surface area contributed by atoms with Crippen molar-refractivity contribution in [2.45, 2.75) is 71.2 Å². The zero-order valence-corrected chi connectivity index (χ0v) is 14.3. The molecule has 0 aromatic rings. The quantitative estimate of drug-likeness (QED) is 0.723. The Kier molecular flexibility index (Phi) is 3.73. The van der Waals surface area contributed by atoms with Crippen molar-refractivity contribution in [1.29, 1.82) is 5.26 Å². The van der Waals surface area contributed by atoms with E-state index < -0.39 is 13.9 Å². The molecule has 0 bridgehead atoms. The van der Waals surface area contributed by atoms with Crippen LogP contribution in [-0.2, 0) is 9.22 Å². The van der Waals surface area contributed by atoms with Gasteiger partial charge in [-0.2, -0.15) is 5.26 Å². The first-order valence-corrected chi connectivity index (χ1v) is 10.9. The topological polar surface area (TPSA) is 50.1 Å². The molecule has 0 unspecified atom stereocenters. The van der Waals surface area contributed by atoms with Gasteiger partial charge in [0.1, 0.15) is 0 Å². The summed E-state index contributed by atoms with van der Waals surface area (Å²) < 4.78 is 6.40. The lowest BCUT2D eigenvalue weighted by Gasteiger charge is -2.53. The molecule has 2 aliphatic carbocycles. The van der Waals surface area contributed by atoms with Gasteiger partial charge in [0, 0.05) is 11.8 Å². The molecular weight excluding hydrogens is 266 g/mol. The van der Waals surface area contributed by atoms with Crippen molar-refractivity contribution in [2.24, 2.45) is 5.41 Å². The second-order valence-corrected chi connectivity index (χ2v) is 11.8. The van der Waals surface area contributed by atoms with E-state index in [2.05, 4.69) is 32.6 Å². The van der Waals surface area contributed by atoms with Gasteiger partial charge in [0.05, 0.1) is 6.07 Å². The summed E-state index contributed by atoms with van der Waals surface area (Å²) in [7, 11) is -1.83. The van der Waals surface area contributed by atoms with E-state index in [0.29, 0.717) is 6.42 Å². The third-order valence-electron chi connectivity index (χ3n) is 4.90. The molecule has 20 heavy (non-hydrogen) atoms. The van der Waals surface area contributed by atoms with Gasteiger partial charge in [0.25, 0.3) is 0 Å². The van der Waals surface area contributed by atoms with Gasteiger partial charge in [-0.05, 0) is 57.8 Å². The fourth-order valence-electron chi connectivity index (χ4n) is 3.87. The van der Waals surface area contributed by atoms with Crippen LogP contribution in [0.3, 0.4) is 0 Å². The van der Waals surface area contributed by atoms with Crippen LogP contribution >= 0.6 is 0 Å². The first-order chi connectivity index (χ1) is 9.15. The molecule has 2 aliphatic rings. The molecule has 4 heteroatoms. The minimum absolute atomic E-state index is 0.249. The van der Waals surface area contributed by atoms with Crippen molar-refractivity contribution in [3.8, 4) is 6.07 Å². The molecule has 0 saturated heterocycles. The number of fused-ring (bicyclic) bond motifs is 1. The average Bonchev–Trinajstić information content (AvgIpc) is 2.35. The van der Waals surface area contributed by atoms with Gasteiger partial charge in [0.2, 0.25) is 0 Å². The number of carbonyl (C=O) groups excluding carboxylic acids is 1. The largest absolute Gasteiger partial charge is 0.399 e. The predicted molar refractivity (Wildman–Crippen MR) is 81.7 cm³/mol. The van der Waals surface area contributed by atoms with Gasteiger partial charge in [-0.1, -0.05) is 12.5 Å². The molecule has 0 N–H and O–H groups in total. The molecule has 0 aliphatic heterocycles. The van der Waals surface area contributed by atoms with Crippen LogP contribution in [0, 0.1) is 16.7 Å². The molecule has 110 valence electrons. The second kappa shape index (κ2) is 4.82. The van der Waals surface area contributed by atoms with Crippen molar-refractivity contribution < 1.29 is 9.22 Å². The first-order valence-electron chi connectivity index (χ1n) is 7.50. The standard InChI is InChI=1S/C16H25NO2Si/c1-12-13-7-6-9-16(11-17,19-20(3,4)5)15(13,2)10-8-14(12)18/h6-10H2,1-5H3/t15-,16+/m0/s1. The lowest BCUT2D eigenvalue weighted by molar-refractivity contribution is -0.118. The lowest BCUT2D eigenvalue weighted by atomic mass is 9.56. The SMILES string of the molecule is CC1=C2CCC[C@](C#N)(O[Si](C)(C)C)[C@@]2(C)CCC1=O. The van der Waals surface area contributed by atoms with Crippen molar-refractivity contribution in [3.05, 3.63) is 11.1 Å². The third-order valence-corrected chi connectivity index (χ3v) is 5.86. The molecule has 1 fully saturated rings. The fraction of sp³-hybridized carbons (Fsp3) is 0.750. The summed E-state index contributed by atoms with van der Waals surface area (Å²) in [5.41, 5.74) is 1.03. The van der Waals surface area contributed by atoms with Gasteiger partial charge in [-0.25, -0.2) is 0 Å². The number of rotatable bonds is 2. The minimum atomic E-state index is -1.83. The molecule has 0 aromatic carbocycles. The summed E-state index contributed by atoms with van der Waals surface area (Å²) in [6.07, 6.45) is 3.95. The highest BCUT2D eigenvalue weighted by molar-refractivity contribution is 6.69. The number of Topliss-reactive ketones (excluding diaryl/α,β-unsaturated/α-hetero) is 1. The molecule has 3 nitrogen and oxygen atoms in total. The van der Waals surface area contributed by atoms with Crippen LogP contribution in [0.4, 0.5) is 0 Å². The van der Waals surface area contributed by atoms with Crippen LogP contribution in [-0.4, -0.2) is 19.7 Å². The van der Waals surface area contributed by atoms with Crippen molar-refractivity contribution in [3.63, 3.8) is 0 Å². The first kappa shape index (κ1) is 15.5. The Bertz CT molecular complexity index is 512. The zero-order valence-electron chi connectivity index (χ0n) is 13.3. The van der Waals surface area contributed by atoms with E-state index >= 15 is 0 Å². The Morgan fingerprint density at radius 3 is 2.45 bits per heavy atom. The minimum Gasteiger partial charge on any atom is -0.399 e. The molecule has 0 heterocycles. The molecule has 2 rings (SSSR count). The summed E-state index contributed by atoms with van der Waals surface area (Å²) in [5.74, 6) is 0.249. The van der Waals surface area contributed by atoms with Crippen LogP contribution < -0.4 is 0 Å². The number of hydrogen-bond acceptors (Lipinski definition) is 3. The molecule has 2 atom stereocenters. The molecule has 0 spiro atoms. The lowest BCUT2D eigenvalue weighted by Crippen LogP contribution is -2.57. The fourth-order valence-corrected chi connectivity index (χ4v) is 5.29. The Hall–Kier alpha value is -0.923. The molecule has 0 radical (unpaired) electrons. The van der Waals surface area contributed by atoms with Crippen molar-refractivity contribution in [2.75, 3.05) is 0 Å². The number of hydrogen-bond donors (Lipinski definition) is 0.